The summed E-state index contributed by atoms with van der Waals surface area (Å²) in [5.74, 6) is 0.417. The van der Waals surface area contributed by atoms with Crippen LogP contribution in [0.5, 0.6) is 11.5 Å². The fourth-order valence-corrected chi connectivity index (χ4v) is 8.12. The first kappa shape index (κ1) is 35.7. The van der Waals surface area contributed by atoms with E-state index in [-0.39, 0.29) is 49.5 Å². The zero-order chi connectivity index (χ0) is 34.5. The molecule has 0 radical (unpaired) electrons. The van der Waals surface area contributed by atoms with E-state index in [0.29, 0.717) is 31.7 Å². The second-order valence-corrected chi connectivity index (χ2v) is 14.9. The minimum absolute atomic E-state index is 0.0285. The number of sulfonamides is 1. The number of aliphatic hydroxyl groups excluding tert-OH is 1. The van der Waals surface area contributed by atoms with E-state index in [0.717, 1.165) is 14.8 Å². The van der Waals surface area contributed by atoms with E-state index in [1.54, 1.807) is 6.92 Å². The molecular weight excluding hydrogens is 646 g/mol. The van der Waals surface area contributed by atoms with Crippen LogP contribution in [0.15, 0.2) is 53.4 Å². The average Bonchev–Trinajstić information content (AvgIpc) is 3.79. The molecular formula is C33H44N3O11S-. The van der Waals surface area contributed by atoms with Crippen molar-refractivity contribution in [2.45, 2.75) is 69.4 Å². The van der Waals surface area contributed by atoms with Gasteiger partial charge in [-0.25, -0.2) is 13.2 Å². The molecule has 0 spiro atoms. The number of carbonyl (C=O) groups is 2. The van der Waals surface area contributed by atoms with Crippen molar-refractivity contribution < 1.29 is 51.9 Å². The Bertz CT molecular complexity index is 1520. The summed E-state index contributed by atoms with van der Waals surface area (Å²) < 4.78 is 57.3. The van der Waals surface area contributed by atoms with Gasteiger partial charge in [-0.1, -0.05) is 44.2 Å². The lowest BCUT2D eigenvalue weighted by molar-refractivity contribution is -0.273. The van der Waals surface area contributed by atoms with E-state index in [1.165, 1.54) is 18.2 Å². The first-order valence-electron chi connectivity index (χ1n) is 16.1. The summed E-state index contributed by atoms with van der Waals surface area (Å²) in [6.45, 7) is 5.74. The van der Waals surface area contributed by atoms with Crippen LogP contribution in [0.3, 0.4) is 0 Å². The van der Waals surface area contributed by atoms with E-state index in [9.17, 15) is 28.2 Å². The van der Waals surface area contributed by atoms with Crippen LogP contribution in [-0.2, 0) is 30.7 Å². The lowest BCUT2D eigenvalue weighted by Crippen LogP contribution is -2.61. The van der Waals surface area contributed by atoms with Gasteiger partial charge in [-0.3, -0.25) is 0 Å². The van der Waals surface area contributed by atoms with E-state index in [2.05, 4.69) is 5.32 Å². The lowest BCUT2D eigenvalue weighted by atomic mass is 9.89. The number of fused-ring (bicyclic) bond motifs is 2. The van der Waals surface area contributed by atoms with Crippen LogP contribution in [-0.4, -0.2) is 106 Å². The molecule has 2 fully saturated rings. The number of alkyl carbamates (subject to hydrolysis) is 1. The highest BCUT2D eigenvalue weighted by atomic mass is 32.2. The summed E-state index contributed by atoms with van der Waals surface area (Å²) in [7, 11) is -4.30. The van der Waals surface area contributed by atoms with Crippen LogP contribution in [0.2, 0.25) is 0 Å². The summed E-state index contributed by atoms with van der Waals surface area (Å²) in [5, 5.41) is 27.4. The Morgan fingerprint density at radius 3 is 2.60 bits per heavy atom. The van der Waals surface area contributed by atoms with Gasteiger partial charge < -0.3 is 48.9 Å². The minimum Gasteiger partial charge on any atom is -0.530 e. The molecule has 14 nitrogen and oxygen atoms in total. The quantitative estimate of drug-likeness (QED) is 0.279. The maximum atomic E-state index is 14.3. The number of amides is 2. The lowest BCUT2D eigenvalue weighted by Gasteiger charge is -2.43. The topological polar surface area (TPSA) is 176 Å². The van der Waals surface area contributed by atoms with E-state index >= 15 is 0 Å². The number of nitrogens with zero attached hydrogens (tertiary/aromatic N) is 2. The molecule has 0 aliphatic carbocycles. The van der Waals surface area contributed by atoms with E-state index in [1.807, 2.05) is 44.2 Å². The standard InChI is InChI=1S/C33H45N3O11S/c1-4-34-31(38)44-15-13-33(2,3)20-35(48(41,42)23-10-11-28-29(17-23)47-21-46-28)18-27(37)25(16-22-8-6-5-7-9-22)36(32(39)40)26-19-45-30-24(26)12-14-43-30/h5-11,17,24-27,30,37H,4,12-16,18-21H2,1-3H3,(H,34,38)(H,39,40)/p-1/t24-,25-,26-,27+,30+/m0/s1. The van der Waals surface area contributed by atoms with Crippen molar-refractivity contribution in [1.29, 1.82) is 0 Å². The first-order chi connectivity index (χ1) is 22.9. The van der Waals surface area contributed by atoms with Crippen molar-refractivity contribution in [3.8, 4) is 11.5 Å². The Balaban J connectivity index is 1.46. The normalized spacial score (nSPS) is 21.5. The largest absolute Gasteiger partial charge is 0.530 e. The highest BCUT2D eigenvalue weighted by Gasteiger charge is 2.47. The molecule has 2 saturated heterocycles. The van der Waals surface area contributed by atoms with Crippen molar-refractivity contribution >= 4 is 22.2 Å². The van der Waals surface area contributed by atoms with Crippen molar-refractivity contribution in [3.05, 3.63) is 54.1 Å². The number of hydrogen-bond acceptors (Lipinski definition) is 11. The SMILES string of the molecule is CCNC(=O)OCCC(C)(C)CN(C[C@@H](O)[C@H](Cc1ccccc1)N(C(=O)[O-])[C@H]1CO[C@H]2OCC[C@H]21)S(=O)(=O)c1ccc2c(c1)OCO2. The fourth-order valence-electron chi connectivity index (χ4n) is 6.46. The van der Waals surface area contributed by atoms with Gasteiger partial charge in [0.25, 0.3) is 0 Å². The van der Waals surface area contributed by atoms with Crippen LogP contribution >= 0.6 is 0 Å². The van der Waals surface area contributed by atoms with Gasteiger partial charge >= 0.3 is 6.09 Å². The van der Waals surface area contributed by atoms with E-state index in [4.69, 9.17) is 23.7 Å². The van der Waals surface area contributed by atoms with Crippen LogP contribution < -0.4 is 19.9 Å². The van der Waals surface area contributed by atoms with Crippen LogP contribution in [0, 0.1) is 11.3 Å². The number of hydrogen-bond donors (Lipinski definition) is 2. The van der Waals surface area contributed by atoms with Crippen molar-refractivity contribution in [2.75, 3.05) is 46.2 Å². The van der Waals surface area contributed by atoms with E-state index < -0.39 is 58.6 Å². The summed E-state index contributed by atoms with van der Waals surface area (Å²) >= 11 is 0. The van der Waals surface area contributed by atoms with Gasteiger partial charge in [0.1, 0.15) is 6.09 Å². The smallest absolute Gasteiger partial charge is 0.407 e. The molecule has 2 N–H and O–H groups in total. The summed E-state index contributed by atoms with van der Waals surface area (Å²) in [4.78, 5) is 25.8. The number of rotatable bonds is 15. The van der Waals surface area contributed by atoms with Gasteiger partial charge in [0.2, 0.25) is 16.8 Å². The number of ether oxygens (including phenoxy) is 5. The third-order valence-corrected chi connectivity index (χ3v) is 10.8. The maximum absolute atomic E-state index is 14.3. The number of carbonyl (C=O) groups excluding carboxylic acids is 2. The molecule has 3 aliphatic rings. The zero-order valence-electron chi connectivity index (χ0n) is 27.4. The molecule has 15 heteroatoms. The molecule has 0 bridgehead atoms. The molecule has 2 aromatic rings. The van der Waals surface area contributed by atoms with Gasteiger partial charge in [-0.05, 0) is 49.3 Å². The van der Waals surface area contributed by atoms with Crippen molar-refractivity contribution in [3.63, 3.8) is 0 Å². The molecule has 5 atom stereocenters. The molecule has 5 rings (SSSR count). The van der Waals surface area contributed by atoms with Gasteiger partial charge in [0.15, 0.2) is 17.8 Å². The summed E-state index contributed by atoms with van der Waals surface area (Å²) in [6, 6.07) is 11.6. The number of carboxylic acid groups (broad SMARTS) is 1. The van der Waals surface area contributed by atoms with Gasteiger partial charge in [-0.2, -0.15) is 4.31 Å². The highest BCUT2D eigenvalue weighted by molar-refractivity contribution is 7.89. The first-order valence-corrected chi connectivity index (χ1v) is 17.6. The predicted molar refractivity (Wildman–Crippen MR) is 170 cm³/mol. The third-order valence-electron chi connectivity index (χ3n) is 8.98. The van der Waals surface area contributed by atoms with Crippen LogP contribution in [0.25, 0.3) is 0 Å². The Morgan fingerprint density at radius 1 is 1.12 bits per heavy atom. The number of nitrogens with one attached hydrogen (secondary N) is 1. The van der Waals surface area contributed by atoms with Gasteiger partial charge in [0.05, 0.1) is 42.9 Å². The van der Waals surface area contributed by atoms with Gasteiger partial charge in [0, 0.05) is 31.6 Å². The Hall–Kier alpha value is -3.63. The third kappa shape index (κ3) is 8.32. The van der Waals surface area contributed by atoms with Crippen LogP contribution in [0.1, 0.15) is 39.2 Å². The number of aliphatic hydroxyl groups is 1. The molecule has 0 saturated carbocycles. The molecule has 2 aromatic carbocycles. The second-order valence-electron chi connectivity index (χ2n) is 13.0. The maximum Gasteiger partial charge on any atom is 0.407 e. The average molecular weight is 691 g/mol. The predicted octanol–water partition coefficient (Wildman–Crippen LogP) is 1.95. The van der Waals surface area contributed by atoms with Crippen LogP contribution in [0.4, 0.5) is 9.59 Å². The minimum atomic E-state index is -4.30. The Morgan fingerprint density at radius 2 is 1.88 bits per heavy atom. The molecule has 0 unspecified atom stereocenters. The van der Waals surface area contributed by atoms with Crippen molar-refractivity contribution in [1.82, 2.24) is 14.5 Å². The Labute approximate surface area is 280 Å². The highest BCUT2D eigenvalue weighted by Crippen LogP contribution is 2.38. The zero-order valence-corrected chi connectivity index (χ0v) is 28.2. The summed E-state index contributed by atoms with van der Waals surface area (Å²) in [5.41, 5.74) is 0.00527. The number of benzene rings is 2. The van der Waals surface area contributed by atoms with Crippen molar-refractivity contribution in [2.24, 2.45) is 11.3 Å². The molecule has 0 aromatic heterocycles. The van der Waals surface area contributed by atoms with Gasteiger partial charge in [-0.15, -0.1) is 0 Å². The molecule has 3 heterocycles. The summed E-state index contributed by atoms with van der Waals surface area (Å²) in [6.07, 6.45) is -3.16. The Kier molecular flexibility index (Phi) is 11.4. The second kappa shape index (κ2) is 15.3. The fraction of sp³-hybridized carbons (Fsp3) is 0.576. The molecule has 3 aliphatic heterocycles. The monoisotopic (exact) mass is 690 g/mol. The molecule has 2 amide bonds. The molecule has 264 valence electrons. The molecule has 48 heavy (non-hydrogen) atoms.